The van der Waals surface area contributed by atoms with Crippen LogP contribution in [0, 0.1) is 0 Å². The van der Waals surface area contributed by atoms with Crippen LogP contribution < -0.4 is 5.32 Å². The summed E-state index contributed by atoms with van der Waals surface area (Å²) < 4.78 is 5.54. The lowest BCUT2D eigenvalue weighted by molar-refractivity contribution is 0.0551. The van der Waals surface area contributed by atoms with Crippen molar-refractivity contribution in [2.75, 3.05) is 6.54 Å². The highest BCUT2D eigenvalue weighted by Crippen LogP contribution is 2.09. The van der Waals surface area contributed by atoms with Gasteiger partial charge in [0.1, 0.15) is 11.5 Å². The minimum atomic E-state index is -0.625. The molecule has 0 spiro atoms. The summed E-state index contributed by atoms with van der Waals surface area (Å²) in [5, 5.41) is 12.9. The second kappa shape index (κ2) is 5.33. The van der Waals surface area contributed by atoms with Crippen LogP contribution in [-0.2, 0) is 13.0 Å². The standard InChI is InChI=1S/C12H21NO2/c1-4-10-6-7-11(15-10)8-13-9-12(3,14)5-2/h6-7,13-14H,4-5,8-9H2,1-3H3. The monoisotopic (exact) mass is 211 g/mol. The van der Waals surface area contributed by atoms with Gasteiger partial charge in [0.2, 0.25) is 0 Å². The van der Waals surface area contributed by atoms with Crippen LogP contribution in [0.2, 0.25) is 0 Å². The Morgan fingerprint density at radius 1 is 1.33 bits per heavy atom. The van der Waals surface area contributed by atoms with Crippen molar-refractivity contribution < 1.29 is 9.52 Å². The highest BCUT2D eigenvalue weighted by Gasteiger charge is 2.16. The molecule has 3 heteroatoms. The molecule has 15 heavy (non-hydrogen) atoms. The van der Waals surface area contributed by atoms with Crippen molar-refractivity contribution in [1.82, 2.24) is 5.32 Å². The molecule has 0 fully saturated rings. The Kier molecular flexibility index (Phi) is 4.36. The summed E-state index contributed by atoms with van der Waals surface area (Å²) in [6.45, 7) is 7.14. The maximum absolute atomic E-state index is 9.76. The van der Waals surface area contributed by atoms with E-state index in [9.17, 15) is 5.11 Å². The van der Waals surface area contributed by atoms with Crippen molar-refractivity contribution in [1.29, 1.82) is 0 Å². The Hall–Kier alpha value is -0.800. The molecule has 0 radical (unpaired) electrons. The Labute approximate surface area is 91.5 Å². The number of nitrogens with one attached hydrogen (secondary N) is 1. The van der Waals surface area contributed by atoms with E-state index in [2.05, 4.69) is 12.2 Å². The summed E-state index contributed by atoms with van der Waals surface area (Å²) in [6.07, 6.45) is 1.67. The molecule has 1 aromatic heterocycles. The molecule has 0 saturated carbocycles. The van der Waals surface area contributed by atoms with Gasteiger partial charge in [0.05, 0.1) is 12.1 Å². The van der Waals surface area contributed by atoms with Crippen LogP contribution in [0.3, 0.4) is 0 Å². The molecule has 0 aliphatic heterocycles. The molecule has 1 heterocycles. The molecule has 2 N–H and O–H groups in total. The van der Waals surface area contributed by atoms with Gasteiger partial charge >= 0.3 is 0 Å². The average molecular weight is 211 g/mol. The van der Waals surface area contributed by atoms with Gasteiger partial charge in [0.15, 0.2) is 0 Å². The number of aryl methyl sites for hydroxylation is 1. The zero-order valence-corrected chi connectivity index (χ0v) is 9.84. The zero-order chi connectivity index (χ0) is 11.3. The number of rotatable bonds is 6. The van der Waals surface area contributed by atoms with Crippen LogP contribution in [0.15, 0.2) is 16.5 Å². The summed E-state index contributed by atoms with van der Waals surface area (Å²) in [5.41, 5.74) is -0.625. The topological polar surface area (TPSA) is 45.4 Å². The molecule has 0 aliphatic carbocycles. The molecule has 3 nitrogen and oxygen atoms in total. The molecule has 1 unspecified atom stereocenters. The van der Waals surface area contributed by atoms with Gasteiger partial charge in [-0.2, -0.15) is 0 Å². The second-order valence-electron chi connectivity index (χ2n) is 4.18. The predicted octanol–water partition coefficient (Wildman–Crippen LogP) is 2.09. The first kappa shape index (κ1) is 12.3. The number of hydrogen-bond donors (Lipinski definition) is 2. The molecular weight excluding hydrogens is 190 g/mol. The number of hydrogen-bond acceptors (Lipinski definition) is 3. The largest absolute Gasteiger partial charge is 0.465 e. The first-order valence-corrected chi connectivity index (χ1v) is 5.58. The molecule has 1 aromatic rings. The van der Waals surface area contributed by atoms with E-state index >= 15 is 0 Å². The van der Waals surface area contributed by atoms with Gasteiger partial charge in [-0.05, 0) is 25.5 Å². The minimum Gasteiger partial charge on any atom is -0.465 e. The van der Waals surface area contributed by atoms with Crippen LogP contribution >= 0.6 is 0 Å². The van der Waals surface area contributed by atoms with E-state index < -0.39 is 5.60 Å². The summed E-state index contributed by atoms with van der Waals surface area (Å²) in [7, 11) is 0. The SMILES string of the molecule is CCc1ccc(CNCC(C)(O)CC)o1. The number of aliphatic hydroxyl groups is 1. The zero-order valence-electron chi connectivity index (χ0n) is 9.84. The van der Waals surface area contributed by atoms with Crippen molar-refractivity contribution in [3.05, 3.63) is 23.7 Å². The van der Waals surface area contributed by atoms with Gasteiger partial charge in [-0.1, -0.05) is 13.8 Å². The van der Waals surface area contributed by atoms with Crippen LogP contribution in [0.5, 0.6) is 0 Å². The maximum atomic E-state index is 9.76. The van der Waals surface area contributed by atoms with Gasteiger partial charge in [-0.15, -0.1) is 0 Å². The molecule has 0 amide bonds. The van der Waals surface area contributed by atoms with Crippen molar-refractivity contribution >= 4 is 0 Å². The Bertz CT molecular complexity index is 292. The minimum absolute atomic E-state index is 0.589. The molecule has 0 saturated heterocycles. The van der Waals surface area contributed by atoms with Gasteiger partial charge < -0.3 is 14.8 Å². The van der Waals surface area contributed by atoms with Gasteiger partial charge in [-0.25, -0.2) is 0 Å². The fourth-order valence-corrected chi connectivity index (χ4v) is 1.29. The lowest BCUT2D eigenvalue weighted by Gasteiger charge is -2.21. The molecule has 1 atom stereocenters. The van der Waals surface area contributed by atoms with Crippen LogP contribution in [-0.4, -0.2) is 17.3 Å². The fraction of sp³-hybridized carbons (Fsp3) is 0.667. The summed E-state index contributed by atoms with van der Waals surface area (Å²) in [5.74, 6) is 1.94. The number of furan rings is 1. The molecule has 0 aromatic carbocycles. The van der Waals surface area contributed by atoms with Gasteiger partial charge in [-0.3, -0.25) is 0 Å². The Balaban J connectivity index is 2.31. The average Bonchev–Trinajstić information content (AvgIpc) is 2.66. The normalized spacial score (nSPS) is 15.2. The fourth-order valence-electron chi connectivity index (χ4n) is 1.29. The van der Waals surface area contributed by atoms with E-state index in [-0.39, 0.29) is 0 Å². The highest BCUT2D eigenvalue weighted by atomic mass is 16.3. The Morgan fingerprint density at radius 2 is 2.00 bits per heavy atom. The lowest BCUT2D eigenvalue weighted by Crippen LogP contribution is -2.36. The second-order valence-corrected chi connectivity index (χ2v) is 4.18. The van der Waals surface area contributed by atoms with E-state index in [1.165, 1.54) is 0 Å². The van der Waals surface area contributed by atoms with Crippen LogP contribution in [0.4, 0.5) is 0 Å². The summed E-state index contributed by atoms with van der Waals surface area (Å²) in [6, 6.07) is 3.97. The third-order valence-electron chi connectivity index (χ3n) is 2.63. The third-order valence-corrected chi connectivity index (χ3v) is 2.63. The summed E-state index contributed by atoms with van der Waals surface area (Å²) >= 11 is 0. The molecule has 0 bridgehead atoms. The van der Waals surface area contributed by atoms with Gasteiger partial charge in [0, 0.05) is 13.0 Å². The predicted molar refractivity (Wildman–Crippen MR) is 60.7 cm³/mol. The van der Waals surface area contributed by atoms with Gasteiger partial charge in [0.25, 0.3) is 0 Å². The van der Waals surface area contributed by atoms with E-state index in [0.717, 1.165) is 24.4 Å². The van der Waals surface area contributed by atoms with Crippen molar-refractivity contribution in [3.8, 4) is 0 Å². The van der Waals surface area contributed by atoms with E-state index in [4.69, 9.17) is 4.42 Å². The highest BCUT2D eigenvalue weighted by molar-refractivity contribution is 5.06. The van der Waals surface area contributed by atoms with E-state index in [1.54, 1.807) is 0 Å². The first-order chi connectivity index (χ1) is 7.07. The first-order valence-electron chi connectivity index (χ1n) is 5.58. The lowest BCUT2D eigenvalue weighted by atomic mass is 10.0. The van der Waals surface area contributed by atoms with Crippen molar-refractivity contribution in [3.63, 3.8) is 0 Å². The van der Waals surface area contributed by atoms with E-state index in [1.807, 2.05) is 26.0 Å². The van der Waals surface area contributed by atoms with Crippen molar-refractivity contribution in [2.45, 2.75) is 45.8 Å². The van der Waals surface area contributed by atoms with Crippen LogP contribution in [0.25, 0.3) is 0 Å². The quantitative estimate of drug-likeness (QED) is 0.757. The summed E-state index contributed by atoms with van der Waals surface area (Å²) in [4.78, 5) is 0. The Morgan fingerprint density at radius 3 is 2.53 bits per heavy atom. The van der Waals surface area contributed by atoms with Crippen LogP contribution in [0.1, 0.15) is 38.7 Å². The van der Waals surface area contributed by atoms with Crippen molar-refractivity contribution in [2.24, 2.45) is 0 Å². The molecule has 0 aliphatic rings. The smallest absolute Gasteiger partial charge is 0.117 e. The third kappa shape index (κ3) is 4.06. The molecule has 86 valence electrons. The molecule has 1 rings (SSSR count). The molecular formula is C12H21NO2. The van der Waals surface area contributed by atoms with E-state index in [0.29, 0.717) is 13.1 Å². The maximum Gasteiger partial charge on any atom is 0.117 e.